The number of benzene rings is 1. The van der Waals surface area contributed by atoms with Crippen LogP contribution in [-0.2, 0) is 17.9 Å². The van der Waals surface area contributed by atoms with E-state index in [1.54, 1.807) is 18.4 Å². The van der Waals surface area contributed by atoms with Crippen LogP contribution in [0.25, 0.3) is 21.3 Å². The van der Waals surface area contributed by atoms with E-state index in [0.29, 0.717) is 30.8 Å². The van der Waals surface area contributed by atoms with Gasteiger partial charge in [0.1, 0.15) is 17.3 Å². The second-order valence-electron chi connectivity index (χ2n) is 6.79. The Kier molecular flexibility index (Phi) is 4.50. The molecular formula is C20H19N5O2S. The van der Waals surface area contributed by atoms with Crippen LogP contribution in [0.3, 0.4) is 0 Å². The molecule has 1 aliphatic rings. The van der Waals surface area contributed by atoms with E-state index in [1.165, 1.54) is 0 Å². The Labute approximate surface area is 165 Å². The summed E-state index contributed by atoms with van der Waals surface area (Å²) in [6, 6.07) is 10.3. The average molecular weight is 393 g/mol. The summed E-state index contributed by atoms with van der Waals surface area (Å²) in [5, 5.41) is 10.6. The molecule has 0 spiro atoms. The molecule has 1 fully saturated rings. The molecule has 0 aliphatic heterocycles. The summed E-state index contributed by atoms with van der Waals surface area (Å²) < 4.78 is 10.6. The highest BCUT2D eigenvalue weighted by Gasteiger charge is 2.28. The first-order chi connectivity index (χ1) is 13.8. The highest BCUT2D eigenvalue weighted by atomic mass is 32.1. The Morgan fingerprint density at radius 1 is 1.18 bits per heavy atom. The Balaban J connectivity index is 1.51. The summed E-state index contributed by atoms with van der Waals surface area (Å²) in [6.45, 7) is 0.776. The van der Waals surface area contributed by atoms with Gasteiger partial charge in [-0.15, -0.1) is 11.3 Å². The fraction of sp³-hybridized carbons (Fsp3) is 0.300. The Morgan fingerprint density at radius 2 is 2.04 bits per heavy atom. The number of thiophene rings is 1. The third-order valence-electron chi connectivity index (χ3n) is 4.67. The maximum atomic E-state index is 5.38. The van der Waals surface area contributed by atoms with Gasteiger partial charge in [0, 0.05) is 24.0 Å². The van der Waals surface area contributed by atoms with Gasteiger partial charge >= 0.3 is 0 Å². The van der Waals surface area contributed by atoms with Gasteiger partial charge in [-0.25, -0.2) is 9.97 Å². The molecule has 1 saturated carbocycles. The van der Waals surface area contributed by atoms with E-state index in [-0.39, 0.29) is 0 Å². The fourth-order valence-electron chi connectivity index (χ4n) is 3.14. The minimum absolute atomic E-state index is 0.357. The molecule has 0 bridgehead atoms. The zero-order valence-electron chi connectivity index (χ0n) is 15.4. The molecule has 3 aromatic heterocycles. The summed E-state index contributed by atoms with van der Waals surface area (Å²) >= 11 is 1.60. The number of fused-ring (bicyclic) bond motifs is 1. The smallest absolute Gasteiger partial charge is 0.245 e. The number of hydrogen-bond donors (Lipinski definition) is 1. The van der Waals surface area contributed by atoms with Crippen LogP contribution in [0.2, 0.25) is 0 Å². The Hall–Kier alpha value is -2.84. The molecule has 0 atom stereocenters. The molecule has 3 heterocycles. The maximum absolute atomic E-state index is 5.38. The molecule has 8 heteroatoms. The molecule has 1 aromatic carbocycles. The van der Waals surface area contributed by atoms with Gasteiger partial charge in [0.05, 0.1) is 11.9 Å². The van der Waals surface area contributed by atoms with Crippen LogP contribution in [0, 0.1) is 0 Å². The molecule has 0 saturated heterocycles. The molecule has 1 aliphatic carbocycles. The topological polar surface area (TPSA) is 86.0 Å². The van der Waals surface area contributed by atoms with Crippen LogP contribution in [0.15, 0.2) is 40.2 Å². The Morgan fingerprint density at radius 3 is 2.82 bits per heavy atom. The minimum atomic E-state index is 0.357. The second-order valence-corrected chi connectivity index (χ2v) is 7.65. The van der Waals surface area contributed by atoms with Crippen molar-refractivity contribution in [3.63, 3.8) is 0 Å². The number of rotatable bonds is 7. The van der Waals surface area contributed by atoms with Crippen molar-refractivity contribution in [1.82, 2.24) is 20.1 Å². The van der Waals surface area contributed by atoms with Crippen LogP contribution < -0.4 is 5.32 Å². The summed E-state index contributed by atoms with van der Waals surface area (Å²) in [5.74, 6) is 3.24. The third-order valence-corrected chi connectivity index (χ3v) is 5.54. The molecule has 0 unspecified atom stereocenters. The van der Waals surface area contributed by atoms with Crippen molar-refractivity contribution in [1.29, 1.82) is 0 Å². The number of nitrogens with one attached hydrogen (secondary N) is 1. The van der Waals surface area contributed by atoms with Crippen molar-refractivity contribution >= 4 is 27.4 Å². The minimum Gasteiger partial charge on any atom is -0.377 e. The van der Waals surface area contributed by atoms with Gasteiger partial charge in [-0.1, -0.05) is 35.5 Å². The van der Waals surface area contributed by atoms with Crippen molar-refractivity contribution in [3.05, 3.63) is 53.3 Å². The first-order valence-corrected chi connectivity index (χ1v) is 10.1. The molecule has 7 nitrogen and oxygen atoms in total. The van der Waals surface area contributed by atoms with Crippen LogP contribution in [0.5, 0.6) is 0 Å². The van der Waals surface area contributed by atoms with Crippen LogP contribution in [0.4, 0.5) is 5.82 Å². The van der Waals surface area contributed by atoms with Crippen molar-refractivity contribution in [2.24, 2.45) is 0 Å². The summed E-state index contributed by atoms with van der Waals surface area (Å²) in [5.41, 5.74) is 2.24. The quantitative estimate of drug-likeness (QED) is 0.499. The lowest BCUT2D eigenvalue weighted by Crippen LogP contribution is -2.06. The van der Waals surface area contributed by atoms with Gasteiger partial charge in [0.25, 0.3) is 0 Å². The molecule has 0 amide bonds. The molecule has 0 radical (unpaired) electrons. The molecule has 5 rings (SSSR count). The molecular weight excluding hydrogens is 374 g/mol. The first kappa shape index (κ1) is 17.3. The van der Waals surface area contributed by atoms with Gasteiger partial charge in [-0.05, 0) is 18.4 Å². The van der Waals surface area contributed by atoms with Gasteiger partial charge < -0.3 is 14.6 Å². The number of methoxy groups -OCH3 is 1. The van der Waals surface area contributed by atoms with E-state index in [9.17, 15) is 0 Å². The lowest BCUT2D eigenvalue weighted by atomic mass is 10.1. The van der Waals surface area contributed by atoms with E-state index >= 15 is 0 Å². The van der Waals surface area contributed by atoms with Gasteiger partial charge in [0.2, 0.25) is 5.89 Å². The van der Waals surface area contributed by atoms with Crippen molar-refractivity contribution in [2.45, 2.75) is 31.9 Å². The maximum Gasteiger partial charge on any atom is 0.245 e. The van der Waals surface area contributed by atoms with Crippen LogP contribution >= 0.6 is 11.3 Å². The highest BCUT2D eigenvalue weighted by molar-refractivity contribution is 7.17. The molecule has 28 heavy (non-hydrogen) atoms. The zero-order valence-corrected chi connectivity index (χ0v) is 16.2. The highest BCUT2D eigenvalue weighted by Crippen LogP contribution is 2.39. The number of aromatic nitrogens is 4. The van der Waals surface area contributed by atoms with Crippen molar-refractivity contribution in [3.8, 4) is 11.1 Å². The number of hydrogen-bond acceptors (Lipinski definition) is 8. The van der Waals surface area contributed by atoms with E-state index < -0.39 is 0 Å². The van der Waals surface area contributed by atoms with Crippen LogP contribution in [0.1, 0.15) is 36.3 Å². The largest absolute Gasteiger partial charge is 0.377 e. The van der Waals surface area contributed by atoms with Crippen molar-refractivity contribution < 1.29 is 9.26 Å². The van der Waals surface area contributed by atoms with Crippen molar-refractivity contribution in [2.75, 3.05) is 12.4 Å². The van der Waals surface area contributed by atoms with Gasteiger partial charge in [-0.3, -0.25) is 0 Å². The summed E-state index contributed by atoms with van der Waals surface area (Å²) in [7, 11) is 1.64. The number of nitrogens with zero attached hydrogens (tertiary/aromatic N) is 4. The monoisotopic (exact) mass is 393 g/mol. The van der Waals surface area contributed by atoms with E-state index in [4.69, 9.17) is 9.26 Å². The summed E-state index contributed by atoms with van der Waals surface area (Å²) in [6.07, 6.45) is 2.29. The van der Waals surface area contributed by atoms with E-state index in [2.05, 4.69) is 42.9 Å². The lowest BCUT2D eigenvalue weighted by Gasteiger charge is -2.09. The summed E-state index contributed by atoms with van der Waals surface area (Å²) in [4.78, 5) is 14.8. The second kappa shape index (κ2) is 7.29. The third kappa shape index (κ3) is 3.36. The van der Waals surface area contributed by atoms with E-state index in [0.717, 1.165) is 45.8 Å². The predicted molar refractivity (Wildman–Crippen MR) is 107 cm³/mol. The van der Waals surface area contributed by atoms with Crippen LogP contribution in [-0.4, -0.2) is 27.2 Å². The number of ether oxygens (including phenoxy) is 1. The fourth-order valence-corrected chi connectivity index (χ4v) is 4.11. The SMILES string of the molecule is COCc1nc(NCc2nc(C3CC3)no2)c2c(-c3ccccc3)csc2n1. The normalized spacial score (nSPS) is 13.9. The first-order valence-electron chi connectivity index (χ1n) is 9.20. The lowest BCUT2D eigenvalue weighted by molar-refractivity contribution is 0.178. The van der Waals surface area contributed by atoms with Gasteiger partial charge in [0.15, 0.2) is 11.6 Å². The van der Waals surface area contributed by atoms with Gasteiger partial charge in [-0.2, -0.15) is 4.98 Å². The molecule has 142 valence electrons. The standard InChI is InChI=1S/C20H19N5O2S/c1-26-10-15-22-19(21-9-16-24-18(25-27-16)13-7-8-13)17-14(11-28-20(17)23-15)12-5-3-2-4-6-12/h2-6,11,13H,7-10H2,1H3,(H,21,22,23). The molecule has 4 aromatic rings. The average Bonchev–Trinajstić information content (AvgIpc) is 3.31. The zero-order chi connectivity index (χ0) is 18.9. The predicted octanol–water partition coefficient (Wildman–Crippen LogP) is 4.38. The molecule has 1 N–H and O–H groups in total. The van der Waals surface area contributed by atoms with E-state index in [1.807, 2.05) is 18.2 Å². The Bertz CT molecular complexity index is 1100. The number of anilines is 1.